The van der Waals surface area contributed by atoms with Crippen LogP contribution in [0.25, 0.3) is 0 Å². The van der Waals surface area contributed by atoms with E-state index in [1.165, 1.54) is 11.1 Å². The van der Waals surface area contributed by atoms with E-state index in [1.54, 1.807) is 0 Å². The summed E-state index contributed by atoms with van der Waals surface area (Å²) in [5.74, 6) is 0.656. The summed E-state index contributed by atoms with van der Waals surface area (Å²) in [4.78, 5) is 12.1. The van der Waals surface area contributed by atoms with Gasteiger partial charge in [-0.15, -0.1) is 0 Å². The van der Waals surface area contributed by atoms with Crippen LogP contribution in [-0.4, -0.2) is 5.91 Å². The van der Waals surface area contributed by atoms with Gasteiger partial charge in [-0.25, -0.2) is 0 Å². The van der Waals surface area contributed by atoms with E-state index in [1.807, 2.05) is 30.3 Å². The lowest BCUT2D eigenvalue weighted by atomic mass is 10.1. The first-order valence-corrected chi connectivity index (χ1v) is 6.66. The second-order valence-electron chi connectivity index (χ2n) is 5.21. The molecule has 2 unspecified atom stereocenters. The summed E-state index contributed by atoms with van der Waals surface area (Å²) in [6, 6.07) is 18.1. The number of carbonyl (C=O) groups is 1. The molecule has 0 saturated heterocycles. The topological polar surface area (TPSA) is 29.1 Å². The predicted octanol–water partition coefficient (Wildman–Crippen LogP) is 3.74. The van der Waals surface area contributed by atoms with Gasteiger partial charge in [0.1, 0.15) is 0 Å². The van der Waals surface area contributed by atoms with E-state index in [0.29, 0.717) is 5.92 Å². The summed E-state index contributed by atoms with van der Waals surface area (Å²) in [6.45, 7) is 2.08. The number of rotatable bonds is 3. The van der Waals surface area contributed by atoms with E-state index in [4.69, 9.17) is 0 Å². The molecular formula is C17H17NO. The van der Waals surface area contributed by atoms with Gasteiger partial charge in [-0.05, 0) is 37.0 Å². The van der Waals surface area contributed by atoms with Gasteiger partial charge in [0.05, 0.1) is 0 Å². The molecule has 1 saturated carbocycles. The van der Waals surface area contributed by atoms with Crippen molar-refractivity contribution in [3.63, 3.8) is 0 Å². The Hall–Kier alpha value is -2.09. The molecule has 1 aliphatic carbocycles. The second kappa shape index (κ2) is 4.88. The Balaban J connectivity index is 1.63. The highest BCUT2D eigenvalue weighted by molar-refractivity contribution is 5.95. The highest BCUT2D eigenvalue weighted by Crippen LogP contribution is 2.47. The van der Waals surface area contributed by atoms with Gasteiger partial charge < -0.3 is 5.32 Å². The smallest absolute Gasteiger partial charge is 0.228 e. The van der Waals surface area contributed by atoms with Crippen molar-refractivity contribution in [2.45, 2.75) is 19.3 Å². The molecule has 2 atom stereocenters. The SMILES string of the molecule is Cc1ccc(C2CC2C(=O)Nc2ccccc2)cc1. The maximum absolute atomic E-state index is 12.1. The Labute approximate surface area is 113 Å². The van der Waals surface area contributed by atoms with Crippen molar-refractivity contribution in [2.75, 3.05) is 5.32 Å². The van der Waals surface area contributed by atoms with Gasteiger partial charge in [-0.3, -0.25) is 4.79 Å². The molecule has 1 amide bonds. The van der Waals surface area contributed by atoms with E-state index in [2.05, 4.69) is 36.5 Å². The molecule has 0 spiro atoms. The fourth-order valence-corrected chi connectivity index (χ4v) is 2.42. The molecule has 1 N–H and O–H groups in total. The molecule has 2 nitrogen and oxygen atoms in total. The van der Waals surface area contributed by atoms with Crippen molar-refractivity contribution in [1.82, 2.24) is 0 Å². The van der Waals surface area contributed by atoms with Crippen molar-refractivity contribution < 1.29 is 4.79 Å². The number of aryl methyl sites for hydroxylation is 1. The highest BCUT2D eigenvalue weighted by atomic mass is 16.2. The summed E-state index contributed by atoms with van der Waals surface area (Å²) in [5, 5.41) is 2.98. The molecule has 96 valence electrons. The van der Waals surface area contributed by atoms with Crippen LogP contribution in [0, 0.1) is 12.8 Å². The van der Waals surface area contributed by atoms with Crippen molar-refractivity contribution in [3.8, 4) is 0 Å². The predicted molar refractivity (Wildman–Crippen MR) is 77.1 cm³/mol. The lowest BCUT2D eigenvalue weighted by molar-refractivity contribution is -0.117. The third kappa shape index (κ3) is 2.68. The van der Waals surface area contributed by atoms with E-state index in [-0.39, 0.29) is 11.8 Å². The van der Waals surface area contributed by atoms with Crippen LogP contribution in [0.4, 0.5) is 5.69 Å². The maximum atomic E-state index is 12.1. The lowest BCUT2D eigenvalue weighted by Gasteiger charge is -2.05. The van der Waals surface area contributed by atoms with Crippen LogP contribution in [0.15, 0.2) is 54.6 Å². The van der Waals surface area contributed by atoms with Gasteiger partial charge in [0.25, 0.3) is 0 Å². The average Bonchev–Trinajstić information content (AvgIpc) is 3.21. The number of anilines is 1. The molecule has 0 bridgehead atoms. The number of carbonyl (C=O) groups excluding carboxylic acids is 1. The zero-order valence-electron chi connectivity index (χ0n) is 11.0. The lowest BCUT2D eigenvalue weighted by Crippen LogP contribution is -2.14. The summed E-state index contributed by atoms with van der Waals surface area (Å²) >= 11 is 0. The minimum Gasteiger partial charge on any atom is -0.326 e. The van der Waals surface area contributed by atoms with Gasteiger partial charge in [0.15, 0.2) is 0 Å². The van der Waals surface area contributed by atoms with Gasteiger partial charge >= 0.3 is 0 Å². The molecule has 0 aliphatic heterocycles. The first-order chi connectivity index (χ1) is 9.24. The van der Waals surface area contributed by atoms with Crippen molar-refractivity contribution in [3.05, 3.63) is 65.7 Å². The van der Waals surface area contributed by atoms with Crippen LogP contribution in [0.5, 0.6) is 0 Å². The molecule has 2 aromatic carbocycles. The number of benzene rings is 2. The Morgan fingerprint density at radius 1 is 1.05 bits per heavy atom. The molecule has 2 aromatic rings. The Bertz CT molecular complexity index is 574. The monoisotopic (exact) mass is 251 g/mol. The van der Waals surface area contributed by atoms with Crippen LogP contribution in [-0.2, 0) is 4.79 Å². The molecule has 1 aliphatic rings. The molecule has 3 rings (SSSR count). The number of amides is 1. The largest absolute Gasteiger partial charge is 0.326 e. The number of para-hydroxylation sites is 1. The van der Waals surface area contributed by atoms with Gasteiger partial charge in [-0.1, -0.05) is 48.0 Å². The van der Waals surface area contributed by atoms with Crippen LogP contribution in [0.3, 0.4) is 0 Å². The molecule has 0 heterocycles. The summed E-state index contributed by atoms with van der Waals surface area (Å²) in [5.41, 5.74) is 3.41. The molecule has 0 radical (unpaired) electrons. The number of hydrogen-bond acceptors (Lipinski definition) is 1. The third-order valence-electron chi connectivity index (χ3n) is 3.67. The molecular weight excluding hydrogens is 234 g/mol. The molecule has 19 heavy (non-hydrogen) atoms. The van der Waals surface area contributed by atoms with Gasteiger partial charge in [-0.2, -0.15) is 0 Å². The zero-order chi connectivity index (χ0) is 13.2. The van der Waals surface area contributed by atoms with Gasteiger partial charge in [0, 0.05) is 11.6 Å². The number of hydrogen-bond donors (Lipinski definition) is 1. The molecule has 1 fully saturated rings. The minimum absolute atomic E-state index is 0.128. The fraction of sp³-hybridized carbons (Fsp3) is 0.235. The van der Waals surface area contributed by atoms with E-state index in [9.17, 15) is 4.79 Å². The third-order valence-corrected chi connectivity index (χ3v) is 3.67. The maximum Gasteiger partial charge on any atom is 0.228 e. The summed E-state index contributed by atoms with van der Waals surface area (Å²) in [7, 11) is 0. The average molecular weight is 251 g/mol. The van der Waals surface area contributed by atoms with E-state index in [0.717, 1.165) is 12.1 Å². The van der Waals surface area contributed by atoms with Crippen LogP contribution in [0.1, 0.15) is 23.5 Å². The quantitative estimate of drug-likeness (QED) is 0.884. The second-order valence-corrected chi connectivity index (χ2v) is 5.21. The van der Waals surface area contributed by atoms with Crippen molar-refractivity contribution >= 4 is 11.6 Å². The first-order valence-electron chi connectivity index (χ1n) is 6.66. The van der Waals surface area contributed by atoms with Crippen molar-refractivity contribution in [1.29, 1.82) is 0 Å². The van der Waals surface area contributed by atoms with E-state index < -0.39 is 0 Å². The van der Waals surface area contributed by atoms with Crippen LogP contribution >= 0.6 is 0 Å². The minimum atomic E-state index is 0.128. The zero-order valence-corrected chi connectivity index (χ0v) is 11.0. The molecule has 0 aromatic heterocycles. The highest BCUT2D eigenvalue weighted by Gasteiger charge is 2.43. The Kier molecular flexibility index (Phi) is 3.08. The van der Waals surface area contributed by atoms with Crippen LogP contribution < -0.4 is 5.32 Å². The van der Waals surface area contributed by atoms with Gasteiger partial charge in [0.2, 0.25) is 5.91 Å². The normalized spacial score (nSPS) is 20.9. The fourth-order valence-electron chi connectivity index (χ4n) is 2.42. The summed E-state index contributed by atoms with van der Waals surface area (Å²) < 4.78 is 0. The molecule has 2 heteroatoms. The van der Waals surface area contributed by atoms with E-state index >= 15 is 0 Å². The Morgan fingerprint density at radius 2 is 1.74 bits per heavy atom. The first kappa shape index (κ1) is 12.0. The summed E-state index contributed by atoms with van der Waals surface area (Å²) in [6.07, 6.45) is 0.960. The van der Waals surface area contributed by atoms with Crippen molar-refractivity contribution in [2.24, 2.45) is 5.92 Å². The van der Waals surface area contributed by atoms with Crippen LogP contribution in [0.2, 0.25) is 0 Å². The Morgan fingerprint density at radius 3 is 2.42 bits per heavy atom. The number of nitrogens with one attached hydrogen (secondary N) is 1. The standard InChI is InChI=1S/C17H17NO/c1-12-7-9-13(10-8-12)15-11-16(15)17(19)18-14-5-3-2-4-6-14/h2-10,15-16H,11H2,1H3,(H,18,19).